The highest BCUT2D eigenvalue weighted by Crippen LogP contribution is 2.24. The van der Waals surface area contributed by atoms with Crippen molar-refractivity contribution in [2.75, 3.05) is 59.0 Å². The molecule has 1 atom stereocenters. The molecule has 0 saturated carbocycles. The van der Waals surface area contributed by atoms with Gasteiger partial charge < -0.3 is 25.2 Å². The van der Waals surface area contributed by atoms with Crippen molar-refractivity contribution in [1.82, 2.24) is 25.3 Å². The van der Waals surface area contributed by atoms with E-state index in [0.29, 0.717) is 44.4 Å². The molecule has 2 N–H and O–H groups in total. The van der Waals surface area contributed by atoms with E-state index in [1.807, 2.05) is 34.1 Å². The number of benzene rings is 1. The standard InChI is InChI=1S/C21H30ClN5O3/c22-17-3-1-16(2-4-17)19(25-11-13-30-14-12-25)15-24-20(28)26-8-5-18(6-9-26)27-10-7-23-21(27)29/h1-4,18-19H,5-15H2,(H,23,29)(H,24,28)/t19-/m1/s1. The maximum absolute atomic E-state index is 12.8. The predicted octanol–water partition coefficient (Wildman–Crippen LogP) is 1.91. The monoisotopic (exact) mass is 435 g/mol. The fraction of sp³-hybridized carbons (Fsp3) is 0.619. The van der Waals surface area contributed by atoms with E-state index in [2.05, 4.69) is 15.5 Å². The summed E-state index contributed by atoms with van der Waals surface area (Å²) in [6.45, 7) is 6.44. The van der Waals surface area contributed by atoms with E-state index in [9.17, 15) is 9.59 Å². The molecular weight excluding hydrogens is 406 g/mol. The number of halogens is 1. The number of ether oxygens (including phenoxy) is 1. The lowest BCUT2D eigenvalue weighted by molar-refractivity contribution is 0.0164. The number of hydrogen-bond donors (Lipinski definition) is 2. The molecular formula is C21H30ClN5O3. The first-order chi connectivity index (χ1) is 14.6. The molecule has 0 unspecified atom stereocenters. The van der Waals surface area contributed by atoms with Gasteiger partial charge in [-0.05, 0) is 30.5 Å². The Labute approximate surface area is 182 Å². The van der Waals surface area contributed by atoms with Gasteiger partial charge in [-0.2, -0.15) is 0 Å². The number of nitrogens with zero attached hydrogens (tertiary/aromatic N) is 3. The molecule has 1 aromatic carbocycles. The van der Waals surface area contributed by atoms with Crippen molar-refractivity contribution in [1.29, 1.82) is 0 Å². The summed E-state index contributed by atoms with van der Waals surface area (Å²) < 4.78 is 5.49. The van der Waals surface area contributed by atoms with Crippen LogP contribution in [0, 0.1) is 0 Å². The maximum Gasteiger partial charge on any atom is 0.317 e. The molecule has 1 aromatic rings. The summed E-state index contributed by atoms with van der Waals surface area (Å²) in [5.74, 6) is 0. The smallest absolute Gasteiger partial charge is 0.317 e. The highest BCUT2D eigenvalue weighted by atomic mass is 35.5. The molecule has 9 heteroatoms. The quantitative estimate of drug-likeness (QED) is 0.740. The van der Waals surface area contributed by atoms with Gasteiger partial charge in [-0.15, -0.1) is 0 Å². The average Bonchev–Trinajstić information content (AvgIpc) is 3.21. The molecule has 3 aliphatic rings. The number of carbonyl (C=O) groups excluding carboxylic acids is 2. The molecule has 164 valence electrons. The van der Waals surface area contributed by atoms with Crippen molar-refractivity contribution < 1.29 is 14.3 Å². The molecule has 0 aromatic heterocycles. The second-order valence-corrected chi connectivity index (χ2v) is 8.48. The van der Waals surface area contributed by atoms with Crippen LogP contribution in [0.15, 0.2) is 24.3 Å². The van der Waals surface area contributed by atoms with Crippen molar-refractivity contribution in [3.8, 4) is 0 Å². The Bertz CT molecular complexity index is 733. The van der Waals surface area contributed by atoms with Gasteiger partial charge in [0.15, 0.2) is 0 Å². The normalized spacial score (nSPS) is 22.1. The van der Waals surface area contributed by atoms with Crippen LogP contribution in [0.25, 0.3) is 0 Å². The van der Waals surface area contributed by atoms with E-state index in [-0.39, 0.29) is 24.1 Å². The lowest BCUT2D eigenvalue weighted by atomic mass is 10.0. The molecule has 0 radical (unpaired) electrons. The molecule has 0 aliphatic carbocycles. The number of urea groups is 2. The Balaban J connectivity index is 1.32. The van der Waals surface area contributed by atoms with Gasteiger partial charge >= 0.3 is 12.1 Å². The van der Waals surface area contributed by atoms with E-state index in [1.165, 1.54) is 0 Å². The Kier molecular flexibility index (Phi) is 6.97. The van der Waals surface area contributed by atoms with Crippen molar-refractivity contribution in [2.45, 2.75) is 24.9 Å². The summed E-state index contributed by atoms with van der Waals surface area (Å²) in [6, 6.07) is 8.15. The topological polar surface area (TPSA) is 77.2 Å². The van der Waals surface area contributed by atoms with Crippen LogP contribution < -0.4 is 10.6 Å². The second-order valence-electron chi connectivity index (χ2n) is 8.05. The number of likely N-dealkylation sites (tertiary alicyclic amines) is 1. The summed E-state index contributed by atoms with van der Waals surface area (Å²) in [6.07, 6.45) is 1.65. The van der Waals surface area contributed by atoms with Gasteiger partial charge in [0.1, 0.15) is 0 Å². The Hall–Kier alpha value is -2.03. The number of morpholine rings is 1. The molecule has 3 saturated heterocycles. The van der Waals surface area contributed by atoms with Gasteiger partial charge in [0.05, 0.1) is 19.3 Å². The summed E-state index contributed by atoms with van der Waals surface area (Å²) in [5, 5.41) is 6.70. The van der Waals surface area contributed by atoms with E-state index < -0.39 is 0 Å². The SMILES string of the molecule is O=C(NC[C@H](c1ccc(Cl)cc1)N1CCOCC1)N1CCC(N2CCNC2=O)CC1. The Morgan fingerprint density at radius 1 is 1.13 bits per heavy atom. The zero-order valence-electron chi connectivity index (χ0n) is 17.2. The first-order valence-corrected chi connectivity index (χ1v) is 11.1. The van der Waals surface area contributed by atoms with Crippen molar-refractivity contribution >= 4 is 23.7 Å². The molecule has 30 heavy (non-hydrogen) atoms. The van der Waals surface area contributed by atoms with Gasteiger partial charge in [-0.3, -0.25) is 4.90 Å². The fourth-order valence-electron chi connectivity index (χ4n) is 4.54. The largest absolute Gasteiger partial charge is 0.379 e. The first kappa shape index (κ1) is 21.2. The zero-order valence-corrected chi connectivity index (χ0v) is 17.9. The van der Waals surface area contributed by atoms with Crippen LogP contribution in [0.3, 0.4) is 0 Å². The number of piperidine rings is 1. The van der Waals surface area contributed by atoms with E-state index in [1.54, 1.807) is 0 Å². The van der Waals surface area contributed by atoms with Crippen LogP contribution in [0.1, 0.15) is 24.4 Å². The summed E-state index contributed by atoms with van der Waals surface area (Å²) in [7, 11) is 0. The number of nitrogens with one attached hydrogen (secondary N) is 2. The third-order valence-corrected chi connectivity index (χ3v) is 6.52. The van der Waals surface area contributed by atoms with Crippen LogP contribution in [-0.2, 0) is 4.74 Å². The van der Waals surface area contributed by atoms with E-state index in [0.717, 1.165) is 38.0 Å². The van der Waals surface area contributed by atoms with Gasteiger partial charge in [0.25, 0.3) is 0 Å². The van der Waals surface area contributed by atoms with Gasteiger partial charge in [-0.25, -0.2) is 9.59 Å². The molecule has 3 fully saturated rings. The van der Waals surface area contributed by atoms with E-state index in [4.69, 9.17) is 16.3 Å². The molecule has 0 bridgehead atoms. The number of hydrogen-bond acceptors (Lipinski definition) is 4. The third-order valence-electron chi connectivity index (χ3n) is 6.27. The molecule has 3 aliphatic heterocycles. The van der Waals surface area contributed by atoms with Crippen LogP contribution in [0.2, 0.25) is 5.02 Å². The molecule has 4 amide bonds. The van der Waals surface area contributed by atoms with Crippen LogP contribution in [0.5, 0.6) is 0 Å². The minimum atomic E-state index is -0.0356. The van der Waals surface area contributed by atoms with E-state index >= 15 is 0 Å². The predicted molar refractivity (Wildman–Crippen MR) is 115 cm³/mol. The average molecular weight is 436 g/mol. The first-order valence-electron chi connectivity index (χ1n) is 10.8. The minimum Gasteiger partial charge on any atom is -0.379 e. The molecule has 8 nitrogen and oxygen atoms in total. The van der Waals surface area contributed by atoms with Crippen LogP contribution >= 0.6 is 11.6 Å². The van der Waals surface area contributed by atoms with Gasteiger partial charge in [-0.1, -0.05) is 23.7 Å². The summed E-state index contributed by atoms with van der Waals surface area (Å²) >= 11 is 6.06. The molecule has 4 rings (SSSR count). The highest BCUT2D eigenvalue weighted by molar-refractivity contribution is 6.30. The Morgan fingerprint density at radius 2 is 1.83 bits per heavy atom. The number of amides is 4. The summed E-state index contributed by atoms with van der Waals surface area (Å²) in [5.41, 5.74) is 1.14. The van der Waals surface area contributed by atoms with Gasteiger partial charge in [0.2, 0.25) is 0 Å². The van der Waals surface area contributed by atoms with Crippen molar-refractivity contribution in [2.24, 2.45) is 0 Å². The van der Waals surface area contributed by atoms with Crippen LogP contribution in [0.4, 0.5) is 9.59 Å². The van der Waals surface area contributed by atoms with Gasteiger partial charge in [0, 0.05) is 56.9 Å². The van der Waals surface area contributed by atoms with Crippen molar-refractivity contribution in [3.63, 3.8) is 0 Å². The number of rotatable bonds is 5. The van der Waals surface area contributed by atoms with Crippen LogP contribution in [-0.4, -0.2) is 91.8 Å². The lowest BCUT2D eigenvalue weighted by Crippen LogP contribution is -2.51. The Morgan fingerprint density at radius 3 is 2.47 bits per heavy atom. The highest BCUT2D eigenvalue weighted by Gasteiger charge is 2.32. The second kappa shape index (κ2) is 9.85. The zero-order chi connectivity index (χ0) is 20.9. The lowest BCUT2D eigenvalue weighted by Gasteiger charge is -2.37. The van der Waals surface area contributed by atoms with Crippen molar-refractivity contribution in [3.05, 3.63) is 34.9 Å². The third kappa shape index (κ3) is 4.99. The molecule has 3 heterocycles. The fourth-order valence-corrected chi connectivity index (χ4v) is 4.67. The molecule has 0 spiro atoms. The maximum atomic E-state index is 12.8. The summed E-state index contributed by atoms with van der Waals surface area (Å²) in [4.78, 5) is 30.8. The minimum absolute atomic E-state index is 0.0224. The number of carbonyl (C=O) groups is 2.